The Labute approximate surface area is 183 Å². The third-order valence-corrected chi connectivity index (χ3v) is 5.47. The maximum Gasteiger partial charge on any atom is 0.350 e. The summed E-state index contributed by atoms with van der Waals surface area (Å²) < 4.78 is 23.3. The molecule has 32 heavy (non-hydrogen) atoms. The van der Waals surface area contributed by atoms with Crippen LogP contribution in [0, 0.1) is 11.2 Å². The number of benzene rings is 1. The lowest BCUT2D eigenvalue weighted by Gasteiger charge is -2.38. The van der Waals surface area contributed by atoms with Gasteiger partial charge in [-0.1, -0.05) is 23.8 Å². The zero-order chi connectivity index (χ0) is 23.7. The van der Waals surface area contributed by atoms with Gasteiger partial charge in [-0.25, -0.2) is 14.0 Å². The number of rotatable bonds is 5. The normalized spacial score (nSPS) is 24.6. The van der Waals surface area contributed by atoms with Crippen molar-refractivity contribution in [2.75, 3.05) is 0 Å². The van der Waals surface area contributed by atoms with Gasteiger partial charge in [0.05, 0.1) is 0 Å². The Hall–Kier alpha value is -3.69. The van der Waals surface area contributed by atoms with E-state index in [1.165, 1.54) is 38.1 Å². The zero-order valence-corrected chi connectivity index (χ0v) is 17.7. The van der Waals surface area contributed by atoms with E-state index in [-0.39, 0.29) is 12.8 Å². The molecule has 1 amide bonds. The van der Waals surface area contributed by atoms with E-state index in [1.807, 2.05) is 6.92 Å². The molecule has 1 aromatic carbocycles. The van der Waals surface area contributed by atoms with E-state index in [1.54, 1.807) is 6.08 Å². The summed E-state index contributed by atoms with van der Waals surface area (Å²) in [5.41, 5.74) is 3.54. The number of hydrazine groups is 1. The first-order valence-electron chi connectivity index (χ1n) is 9.83. The molecule has 1 aliphatic carbocycles. The molecule has 1 heterocycles. The van der Waals surface area contributed by atoms with E-state index in [4.69, 9.17) is 9.47 Å². The van der Waals surface area contributed by atoms with Crippen LogP contribution in [0.5, 0.6) is 0 Å². The standard InChI is InChI=1S/C22H23FN2O7/c1-12-8-9-22(20(29)30,16(10-12)13-4-6-14(23)7-5-13)19(28)25-24-11-15-17(26)31-21(2,3)32-18(15)27/h4-8,11,16,24H,9-10H2,1-3H3,(H,25,28)(H,29,30)/t16-,22+/m1/s1. The second-order valence-electron chi connectivity index (χ2n) is 8.17. The summed E-state index contributed by atoms with van der Waals surface area (Å²) in [6, 6.07) is 5.32. The van der Waals surface area contributed by atoms with E-state index in [0.29, 0.717) is 5.56 Å². The maximum absolute atomic E-state index is 13.4. The average molecular weight is 446 g/mol. The van der Waals surface area contributed by atoms with Crippen molar-refractivity contribution in [2.45, 2.75) is 45.3 Å². The number of hydrogen-bond acceptors (Lipinski definition) is 7. The minimum Gasteiger partial charge on any atom is -0.480 e. The van der Waals surface area contributed by atoms with Crippen LogP contribution in [0.4, 0.5) is 4.39 Å². The third-order valence-electron chi connectivity index (χ3n) is 5.47. The average Bonchev–Trinajstić information content (AvgIpc) is 2.69. The van der Waals surface area contributed by atoms with Crippen molar-refractivity contribution in [3.05, 3.63) is 59.1 Å². The Bertz CT molecular complexity index is 1010. The van der Waals surface area contributed by atoms with Crippen LogP contribution >= 0.6 is 0 Å². The third kappa shape index (κ3) is 4.34. The molecule has 1 aromatic rings. The molecule has 0 unspecified atom stereocenters. The fourth-order valence-corrected chi connectivity index (χ4v) is 3.80. The Morgan fingerprint density at radius 3 is 2.31 bits per heavy atom. The Morgan fingerprint density at radius 1 is 1.16 bits per heavy atom. The van der Waals surface area contributed by atoms with Gasteiger partial charge in [0, 0.05) is 26.0 Å². The van der Waals surface area contributed by atoms with E-state index in [2.05, 4.69) is 10.9 Å². The lowest BCUT2D eigenvalue weighted by molar-refractivity contribution is -0.222. The molecule has 3 N–H and O–H groups in total. The van der Waals surface area contributed by atoms with Crippen LogP contribution in [0.25, 0.3) is 0 Å². The molecule has 0 bridgehead atoms. The highest BCUT2D eigenvalue weighted by molar-refractivity contribution is 6.15. The number of cyclic esters (lactones) is 2. The number of ether oxygens (including phenoxy) is 2. The molecule has 0 radical (unpaired) electrons. The number of allylic oxidation sites excluding steroid dienone is 2. The van der Waals surface area contributed by atoms with Gasteiger partial charge in [-0.2, -0.15) is 0 Å². The molecule has 0 aromatic heterocycles. The molecule has 10 heteroatoms. The fourth-order valence-electron chi connectivity index (χ4n) is 3.80. The number of carboxylic acid groups (broad SMARTS) is 1. The second-order valence-corrected chi connectivity index (χ2v) is 8.17. The topological polar surface area (TPSA) is 131 Å². The van der Waals surface area contributed by atoms with E-state index in [0.717, 1.165) is 11.8 Å². The largest absolute Gasteiger partial charge is 0.480 e. The first-order chi connectivity index (χ1) is 15.0. The van der Waals surface area contributed by atoms with Crippen LogP contribution in [0.1, 0.15) is 45.1 Å². The quantitative estimate of drug-likeness (QED) is 0.156. The number of aliphatic carboxylic acids is 1. The fraction of sp³-hybridized carbons (Fsp3) is 0.364. The van der Waals surface area contributed by atoms with Crippen LogP contribution < -0.4 is 10.9 Å². The van der Waals surface area contributed by atoms with Gasteiger partial charge in [0.15, 0.2) is 11.0 Å². The van der Waals surface area contributed by atoms with Gasteiger partial charge in [0.1, 0.15) is 5.82 Å². The molecule has 1 aliphatic heterocycles. The van der Waals surface area contributed by atoms with Crippen LogP contribution in [-0.2, 0) is 28.7 Å². The van der Waals surface area contributed by atoms with Crippen LogP contribution in [-0.4, -0.2) is 34.7 Å². The summed E-state index contributed by atoms with van der Waals surface area (Å²) in [4.78, 5) is 49.5. The molecular formula is C22H23FN2O7. The van der Waals surface area contributed by atoms with Crippen molar-refractivity contribution in [3.63, 3.8) is 0 Å². The lowest BCUT2D eigenvalue weighted by Crippen LogP contribution is -2.54. The number of hydrogen-bond donors (Lipinski definition) is 3. The van der Waals surface area contributed by atoms with E-state index in [9.17, 15) is 28.7 Å². The summed E-state index contributed by atoms with van der Waals surface area (Å²) in [7, 11) is 0. The Kier molecular flexibility index (Phi) is 6.07. The number of carbonyl (C=O) groups excluding carboxylic acids is 3. The molecule has 2 aliphatic rings. The van der Waals surface area contributed by atoms with Gasteiger partial charge < -0.3 is 20.0 Å². The van der Waals surface area contributed by atoms with Crippen molar-refractivity contribution >= 4 is 23.8 Å². The van der Waals surface area contributed by atoms with Gasteiger partial charge in [0.2, 0.25) is 0 Å². The van der Waals surface area contributed by atoms with Crippen LogP contribution in [0.3, 0.4) is 0 Å². The SMILES string of the molecule is CC1=CC[C@@](C(=O)O)(C(=O)NNC=C2C(=O)OC(C)(C)OC2=O)[C@@H](c2ccc(F)cc2)C1. The van der Waals surface area contributed by atoms with E-state index < -0.39 is 52.3 Å². The first-order valence-corrected chi connectivity index (χ1v) is 9.83. The number of esters is 2. The van der Waals surface area contributed by atoms with E-state index >= 15 is 0 Å². The molecule has 0 saturated carbocycles. The summed E-state index contributed by atoms with van der Waals surface area (Å²) >= 11 is 0. The van der Waals surface area contributed by atoms with Gasteiger partial charge >= 0.3 is 17.9 Å². The van der Waals surface area contributed by atoms with Crippen molar-refractivity contribution in [1.82, 2.24) is 10.9 Å². The highest BCUT2D eigenvalue weighted by Crippen LogP contribution is 2.47. The van der Waals surface area contributed by atoms with Crippen molar-refractivity contribution in [2.24, 2.45) is 5.41 Å². The summed E-state index contributed by atoms with van der Waals surface area (Å²) in [5, 5.41) is 10.1. The Morgan fingerprint density at radius 2 is 1.75 bits per heavy atom. The molecule has 2 atom stereocenters. The Balaban J connectivity index is 1.85. The summed E-state index contributed by atoms with van der Waals surface area (Å²) in [5.74, 6) is -6.84. The molecular weight excluding hydrogens is 423 g/mol. The molecule has 1 saturated heterocycles. The number of nitrogens with one attached hydrogen (secondary N) is 2. The molecule has 170 valence electrons. The minimum atomic E-state index is -1.90. The minimum absolute atomic E-state index is 0.0986. The first kappa shape index (κ1) is 23.0. The van der Waals surface area contributed by atoms with Gasteiger partial charge in [-0.3, -0.25) is 15.0 Å². The van der Waals surface area contributed by atoms with Crippen LogP contribution in [0.15, 0.2) is 47.7 Å². The number of carboxylic acids is 1. The van der Waals surface area contributed by atoms with Crippen molar-refractivity contribution < 1.29 is 38.1 Å². The molecule has 9 nitrogen and oxygen atoms in total. The monoisotopic (exact) mass is 446 g/mol. The number of amides is 1. The van der Waals surface area contributed by atoms with Crippen LogP contribution in [0.2, 0.25) is 0 Å². The highest BCUT2D eigenvalue weighted by Gasteiger charge is 2.54. The molecule has 3 rings (SSSR count). The summed E-state index contributed by atoms with van der Waals surface area (Å²) in [6.07, 6.45) is 2.73. The predicted molar refractivity (Wildman–Crippen MR) is 108 cm³/mol. The van der Waals surface area contributed by atoms with Crippen molar-refractivity contribution in [3.8, 4) is 0 Å². The second kappa shape index (κ2) is 8.45. The summed E-state index contributed by atoms with van der Waals surface area (Å²) in [6.45, 7) is 4.60. The van der Waals surface area contributed by atoms with Gasteiger partial charge in [0.25, 0.3) is 11.7 Å². The lowest BCUT2D eigenvalue weighted by atomic mass is 9.64. The number of halogens is 1. The number of carbonyl (C=O) groups is 4. The molecule has 1 fully saturated rings. The van der Waals surface area contributed by atoms with Crippen molar-refractivity contribution in [1.29, 1.82) is 0 Å². The predicted octanol–water partition coefficient (Wildman–Crippen LogP) is 2.06. The smallest absolute Gasteiger partial charge is 0.350 e. The molecule has 0 spiro atoms. The zero-order valence-electron chi connectivity index (χ0n) is 17.7. The van der Waals surface area contributed by atoms with Gasteiger partial charge in [-0.05, 0) is 37.5 Å². The maximum atomic E-state index is 13.4. The highest BCUT2D eigenvalue weighted by atomic mass is 19.1. The van der Waals surface area contributed by atoms with Gasteiger partial charge in [-0.15, -0.1) is 0 Å².